The van der Waals surface area contributed by atoms with Crippen molar-refractivity contribution < 1.29 is 22.7 Å². The van der Waals surface area contributed by atoms with E-state index in [1.807, 2.05) is 0 Å². The predicted molar refractivity (Wildman–Crippen MR) is 124 cm³/mol. The van der Waals surface area contributed by atoms with Gasteiger partial charge in [-0.3, -0.25) is 14.3 Å². The first-order valence-corrected chi connectivity index (χ1v) is 11.9. The molecule has 32 heavy (non-hydrogen) atoms. The molecule has 3 aromatic rings. The van der Waals surface area contributed by atoms with Crippen molar-refractivity contribution in [1.29, 1.82) is 0 Å². The van der Waals surface area contributed by atoms with Crippen LogP contribution in [0.2, 0.25) is 0 Å². The number of aromatic nitrogens is 1. The molecule has 2 amide bonds. The maximum atomic E-state index is 12.4. The average molecular weight is 475 g/mol. The number of carbonyl (C=O) groups excluding carboxylic acids is 2. The van der Waals surface area contributed by atoms with Gasteiger partial charge in [0.15, 0.2) is 5.13 Å². The predicted octanol–water partition coefficient (Wildman–Crippen LogP) is 3.48. The molecule has 0 unspecified atom stereocenters. The lowest BCUT2D eigenvalue weighted by Crippen LogP contribution is -2.14. The first-order chi connectivity index (χ1) is 15.3. The summed E-state index contributed by atoms with van der Waals surface area (Å²) in [5, 5.41) is 7.34. The minimum Gasteiger partial charge on any atom is -0.495 e. The Kier molecular flexibility index (Phi) is 7.44. The second-order valence-electron chi connectivity index (χ2n) is 6.71. The molecule has 3 rings (SSSR count). The molecule has 0 bridgehead atoms. The fourth-order valence-electron chi connectivity index (χ4n) is 2.78. The van der Waals surface area contributed by atoms with Crippen molar-refractivity contribution in [2.75, 3.05) is 22.5 Å². The van der Waals surface area contributed by atoms with Gasteiger partial charge in [0, 0.05) is 24.4 Å². The van der Waals surface area contributed by atoms with Crippen LogP contribution in [0.5, 0.6) is 5.75 Å². The molecule has 0 fully saturated rings. The van der Waals surface area contributed by atoms with Gasteiger partial charge in [-0.2, -0.15) is 0 Å². The average Bonchev–Trinajstić information content (AvgIpc) is 3.19. The quantitative estimate of drug-likeness (QED) is 0.436. The summed E-state index contributed by atoms with van der Waals surface area (Å²) in [6.07, 6.45) is 0.450. The van der Waals surface area contributed by atoms with Gasteiger partial charge in [-0.1, -0.05) is 18.2 Å². The maximum Gasteiger partial charge on any atom is 0.263 e. The number of nitrogens with one attached hydrogen (secondary N) is 3. The largest absolute Gasteiger partial charge is 0.495 e. The molecule has 0 aliphatic heterocycles. The van der Waals surface area contributed by atoms with Crippen molar-refractivity contribution in [3.05, 3.63) is 59.6 Å². The van der Waals surface area contributed by atoms with Crippen molar-refractivity contribution >= 4 is 49.7 Å². The Hall–Kier alpha value is -3.44. The molecular formula is C21H22N4O5S2. The first-order valence-electron chi connectivity index (χ1n) is 9.54. The molecule has 0 aliphatic rings. The number of benzene rings is 2. The van der Waals surface area contributed by atoms with Crippen LogP contribution in [-0.4, -0.2) is 32.3 Å². The zero-order valence-electron chi connectivity index (χ0n) is 17.4. The van der Waals surface area contributed by atoms with E-state index in [0.717, 1.165) is 11.3 Å². The lowest BCUT2D eigenvalue weighted by molar-refractivity contribution is -0.116. The molecule has 1 aromatic heterocycles. The van der Waals surface area contributed by atoms with E-state index in [-0.39, 0.29) is 28.3 Å². The van der Waals surface area contributed by atoms with E-state index in [0.29, 0.717) is 29.2 Å². The number of nitrogens with zero attached hydrogens (tertiary/aromatic N) is 1. The minimum absolute atomic E-state index is 0.127. The third kappa shape index (κ3) is 6.28. The molecule has 9 nitrogen and oxygen atoms in total. The van der Waals surface area contributed by atoms with Gasteiger partial charge in [0.25, 0.3) is 10.0 Å². The number of carbonyl (C=O) groups is 2. The Morgan fingerprint density at radius 3 is 2.53 bits per heavy atom. The third-order valence-corrected chi connectivity index (χ3v) is 6.52. The van der Waals surface area contributed by atoms with Gasteiger partial charge < -0.3 is 15.4 Å². The number of hydrogen-bond acceptors (Lipinski definition) is 7. The Morgan fingerprint density at radius 2 is 1.84 bits per heavy atom. The number of methoxy groups -OCH3 is 1. The lowest BCUT2D eigenvalue weighted by atomic mass is 10.2. The van der Waals surface area contributed by atoms with Crippen LogP contribution < -0.4 is 20.1 Å². The van der Waals surface area contributed by atoms with E-state index in [4.69, 9.17) is 4.74 Å². The highest BCUT2D eigenvalue weighted by Crippen LogP contribution is 2.28. The summed E-state index contributed by atoms with van der Waals surface area (Å²) in [6, 6.07) is 12.9. The third-order valence-electron chi connectivity index (χ3n) is 4.23. The minimum atomic E-state index is -3.72. The van der Waals surface area contributed by atoms with E-state index in [1.165, 1.54) is 26.2 Å². The normalized spacial score (nSPS) is 10.9. The van der Waals surface area contributed by atoms with Crippen LogP contribution in [0.4, 0.5) is 16.5 Å². The fourth-order valence-corrected chi connectivity index (χ4v) is 4.80. The molecule has 0 atom stereocenters. The summed E-state index contributed by atoms with van der Waals surface area (Å²) >= 11 is 1.15. The SMILES string of the molecule is COc1ccc(NC(C)=O)cc1NC(=O)CCc1csc(NS(=O)(=O)c2ccccc2)n1. The van der Waals surface area contributed by atoms with Crippen LogP contribution >= 0.6 is 11.3 Å². The van der Waals surface area contributed by atoms with Crippen LogP contribution in [0.1, 0.15) is 19.0 Å². The van der Waals surface area contributed by atoms with Crippen molar-refractivity contribution in [3.8, 4) is 5.75 Å². The number of anilines is 3. The first kappa shape index (κ1) is 23.2. The molecule has 0 radical (unpaired) electrons. The number of amides is 2. The summed E-state index contributed by atoms with van der Waals surface area (Å²) in [5.74, 6) is -0.0453. The van der Waals surface area contributed by atoms with E-state index in [2.05, 4.69) is 20.3 Å². The van der Waals surface area contributed by atoms with Gasteiger partial charge in [-0.15, -0.1) is 11.3 Å². The van der Waals surface area contributed by atoms with Gasteiger partial charge in [-0.25, -0.2) is 13.4 Å². The van der Waals surface area contributed by atoms with Crippen LogP contribution in [0.3, 0.4) is 0 Å². The zero-order chi connectivity index (χ0) is 23.1. The summed E-state index contributed by atoms with van der Waals surface area (Å²) < 4.78 is 32.5. The fraction of sp³-hybridized carbons (Fsp3) is 0.190. The highest BCUT2D eigenvalue weighted by molar-refractivity contribution is 7.93. The molecule has 11 heteroatoms. The van der Waals surface area contributed by atoms with Crippen molar-refractivity contribution in [2.45, 2.75) is 24.7 Å². The second kappa shape index (κ2) is 10.2. The molecule has 0 aliphatic carbocycles. The smallest absolute Gasteiger partial charge is 0.263 e. The Labute approximate surface area is 189 Å². The van der Waals surface area contributed by atoms with E-state index < -0.39 is 10.0 Å². The number of ether oxygens (including phenoxy) is 1. The molecule has 2 aromatic carbocycles. The zero-order valence-corrected chi connectivity index (χ0v) is 19.0. The van der Waals surface area contributed by atoms with Crippen molar-refractivity contribution in [1.82, 2.24) is 4.98 Å². The van der Waals surface area contributed by atoms with Crippen LogP contribution in [-0.2, 0) is 26.0 Å². The molecule has 168 valence electrons. The highest BCUT2D eigenvalue weighted by Gasteiger charge is 2.16. The molecule has 3 N–H and O–H groups in total. The van der Waals surface area contributed by atoms with E-state index in [1.54, 1.807) is 41.8 Å². The summed E-state index contributed by atoms with van der Waals surface area (Å²) in [6.45, 7) is 1.39. The number of rotatable bonds is 9. The molecule has 1 heterocycles. The van der Waals surface area contributed by atoms with Crippen molar-refractivity contribution in [2.24, 2.45) is 0 Å². The Bertz CT molecular complexity index is 1210. The standard InChI is InChI=1S/C21H22N4O5S2/c1-14(26)22-15-8-10-19(30-2)18(12-15)24-20(27)11-9-16-13-31-21(23-16)25-32(28,29)17-6-4-3-5-7-17/h3-8,10,12-13H,9,11H2,1-2H3,(H,22,26)(H,23,25)(H,24,27). The van der Waals surface area contributed by atoms with Gasteiger partial charge in [0.2, 0.25) is 11.8 Å². The monoisotopic (exact) mass is 474 g/mol. The maximum absolute atomic E-state index is 12.4. The lowest BCUT2D eigenvalue weighted by Gasteiger charge is -2.12. The summed E-state index contributed by atoms with van der Waals surface area (Å²) in [5.41, 5.74) is 1.55. The van der Waals surface area contributed by atoms with Crippen molar-refractivity contribution in [3.63, 3.8) is 0 Å². The van der Waals surface area contributed by atoms with Gasteiger partial charge in [0.05, 0.1) is 23.4 Å². The highest BCUT2D eigenvalue weighted by atomic mass is 32.2. The topological polar surface area (TPSA) is 126 Å². The summed E-state index contributed by atoms with van der Waals surface area (Å²) in [4.78, 5) is 28.1. The van der Waals surface area contributed by atoms with E-state index in [9.17, 15) is 18.0 Å². The molecule has 0 saturated heterocycles. The second-order valence-corrected chi connectivity index (χ2v) is 9.25. The van der Waals surface area contributed by atoms with E-state index >= 15 is 0 Å². The van der Waals surface area contributed by atoms with Gasteiger partial charge in [-0.05, 0) is 36.8 Å². The Balaban J connectivity index is 1.59. The molecular weight excluding hydrogens is 452 g/mol. The Morgan fingerprint density at radius 1 is 1.09 bits per heavy atom. The molecule has 0 saturated carbocycles. The number of hydrogen-bond donors (Lipinski definition) is 3. The van der Waals surface area contributed by atoms with Crippen LogP contribution in [0, 0.1) is 0 Å². The number of sulfonamides is 1. The number of thiazole rings is 1. The van der Waals surface area contributed by atoms with Gasteiger partial charge in [0.1, 0.15) is 5.75 Å². The van der Waals surface area contributed by atoms with Gasteiger partial charge >= 0.3 is 0 Å². The van der Waals surface area contributed by atoms with Crippen LogP contribution in [0.15, 0.2) is 58.8 Å². The summed E-state index contributed by atoms with van der Waals surface area (Å²) in [7, 11) is -2.24. The molecule has 0 spiro atoms. The number of aryl methyl sites for hydroxylation is 1. The van der Waals surface area contributed by atoms with Crippen LogP contribution in [0.25, 0.3) is 0 Å².